The van der Waals surface area contributed by atoms with Gasteiger partial charge in [0.1, 0.15) is 0 Å². The molecule has 7 heteroatoms. The molecular weight excluding hydrogens is 372 g/mol. The van der Waals surface area contributed by atoms with E-state index in [2.05, 4.69) is 16.4 Å². The van der Waals surface area contributed by atoms with Gasteiger partial charge in [-0.1, -0.05) is 13.8 Å². The van der Waals surface area contributed by atoms with Crippen LogP contribution in [0.2, 0.25) is 0 Å². The van der Waals surface area contributed by atoms with Gasteiger partial charge in [-0.2, -0.15) is 5.26 Å². The third kappa shape index (κ3) is 4.76. The monoisotopic (exact) mass is 396 g/mol. The summed E-state index contributed by atoms with van der Waals surface area (Å²) in [6.07, 6.45) is 1.94. The number of nitrogens with zero attached hydrogens (tertiary/aromatic N) is 3. The van der Waals surface area contributed by atoms with Crippen LogP contribution >= 0.6 is 11.3 Å². The lowest BCUT2D eigenvalue weighted by Gasteiger charge is -2.32. The summed E-state index contributed by atoms with van der Waals surface area (Å²) < 4.78 is 0. The molecule has 0 spiro atoms. The number of carbonyl (C=O) groups is 2. The van der Waals surface area contributed by atoms with Crippen LogP contribution in [0.4, 0.5) is 0 Å². The van der Waals surface area contributed by atoms with Crippen LogP contribution in [0.3, 0.4) is 0 Å². The van der Waals surface area contributed by atoms with E-state index in [4.69, 9.17) is 5.26 Å². The van der Waals surface area contributed by atoms with Gasteiger partial charge in [-0.3, -0.25) is 9.59 Å². The van der Waals surface area contributed by atoms with Gasteiger partial charge in [0.05, 0.1) is 28.9 Å². The Morgan fingerprint density at radius 3 is 2.79 bits per heavy atom. The summed E-state index contributed by atoms with van der Waals surface area (Å²) in [5, 5.41) is 14.8. The molecule has 3 rings (SSSR count). The van der Waals surface area contributed by atoms with Crippen LogP contribution in [-0.2, 0) is 11.3 Å². The second-order valence-electron chi connectivity index (χ2n) is 7.33. The van der Waals surface area contributed by atoms with Crippen LogP contribution in [0.5, 0.6) is 0 Å². The molecule has 2 heterocycles. The van der Waals surface area contributed by atoms with E-state index in [1.807, 2.05) is 24.1 Å². The molecule has 1 aromatic heterocycles. The predicted molar refractivity (Wildman–Crippen MR) is 108 cm³/mol. The summed E-state index contributed by atoms with van der Waals surface area (Å²) in [6, 6.07) is 8.84. The number of hydrogen-bond donors (Lipinski definition) is 1. The molecule has 1 saturated heterocycles. The zero-order valence-electron chi connectivity index (χ0n) is 16.1. The van der Waals surface area contributed by atoms with Crippen molar-refractivity contribution in [2.24, 2.45) is 5.92 Å². The summed E-state index contributed by atoms with van der Waals surface area (Å²) in [7, 11) is 0. The second kappa shape index (κ2) is 8.98. The van der Waals surface area contributed by atoms with Crippen molar-refractivity contribution in [3.05, 3.63) is 51.5 Å². The van der Waals surface area contributed by atoms with Crippen LogP contribution in [0.15, 0.2) is 29.6 Å². The molecule has 0 unspecified atom stereocenters. The number of piperidine rings is 1. The Balaban J connectivity index is 1.62. The Morgan fingerprint density at radius 2 is 2.11 bits per heavy atom. The molecule has 1 aromatic carbocycles. The van der Waals surface area contributed by atoms with Crippen LogP contribution in [0.25, 0.3) is 0 Å². The lowest BCUT2D eigenvalue weighted by molar-refractivity contribution is -0.124. The average molecular weight is 397 g/mol. The average Bonchev–Trinajstić information content (AvgIpc) is 3.20. The van der Waals surface area contributed by atoms with Gasteiger partial charge >= 0.3 is 0 Å². The van der Waals surface area contributed by atoms with Crippen molar-refractivity contribution in [2.75, 3.05) is 13.1 Å². The van der Waals surface area contributed by atoms with E-state index in [9.17, 15) is 9.59 Å². The Hall–Kier alpha value is -2.72. The molecular formula is C21H24N4O2S. The number of thiazole rings is 1. The number of rotatable bonds is 5. The molecule has 1 atom stereocenters. The minimum absolute atomic E-state index is 0.00448. The molecule has 0 radical (unpaired) electrons. The number of benzene rings is 1. The maximum absolute atomic E-state index is 12.8. The molecule has 6 nitrogen and oxygen atoms in total. The predicted octanol–water partition coefficient (Wildman–Crippen LogP) is 3.31. The Bertz CT molecular complexity index is 883. The van der Waals surface area contributed by atoms with E-state index in [0.29, 0.717) is 24.2 Å². The van der Waals surface area contributed by atoms with Crippen LogP contribution < -0.4 is 5.32 Å². The fourth-order valence-electron chi connectivity index (χ4n) is 3.21. The van der Waals surface area contributed by atoms with E-state index in [-0.39, 0.29) is 23.7 Å². The van der Waals surface area contributed by atoms with Crippen LogP contribution in [0.1, 0.15) is 59.2 Å². The summed E-state index contributed by atoms with van der Waals surface area (Å²) in [5.74, 6) is 0.190. The number of carbonyl (C=O) groups excluding carboxylic acids is 2. The molecule has 1 aliphatic rings. The molecule has 0 saturated carbocycles. The minimum atomic E-state index is -0.0433. The topological polar surface area (TPSA) is 86.1 Å². The molecule has 1 aliphatic heterocycles. The van der Waals surface area contributed by atoms with Crippen molar-refractivity contribution in [2.45, 2.75) is 39.2 Å². The molecule has 146 valence electrons. The summed E-state index contributed by atoms with van der Waals surface area (Å²) in [6.45, 7) is 5.54. The number of nitrogens with one attached hydrogen (secondary N) is 1. The van der Waals surface area contributed by atoms with Gasteiger partial charge in [0.2, 0.25) is 5.91 Å². The first-order valence-corrected chi connectivity index (χ1v) is 10.4. The lowest BCUT2D eigenvalue weighted by atomic mass is 9.98. The quantitative estimate of drug-likeness (QED) is 0.840. The maximum atomic E-state index is 12.8. The van der Waals surface area contributed by atoms with Crippen molar-refractivity contribution in [3.63, 3.8) is 0 Å². The number of likely N-dealkylation sites (tertiary alicyclic amines) is 1. The van der Waals surface area contributed by atoms with Crippen molar-refractivity contribution in [3.8, 4) is 6.07 Å². The zero-order chi connectivity index (χ0) is 20.1. The van der Waals surface area contributed by atoms with Crippen molar-refractivity contribution >= 4 is 23.2 Å². The fourth-order valence-corrected chi connectivity index (χ4v) is 4.15. The van der Waals surface area contributed by atoms with Gasteiger partial charge in [0, 0.05) is 35.9 Å². The van der Waals surface area contributed by atoms with Gasteiger partial charge in [-0.25, -0.2) is 4.98 Å². The SMILES string of the molecule is CC(C)C(=O)NCc1csc([C@@H]2CCCN(C(=O)c3ccc(C#N)cc3)C2)n1. The number of nitriles is 1. The summed E-state index contributed by atoms with van der Waals surface area (Å²) in [5.41, 5.74) is 2.02. The standard InChI is InChI=1S/C21H24N4O2S/c1-14(2)19(26)23-11-18-13-28-20(24-18)17-4-3-9-25(12-17)21(27)16-7-5-15(10-22)6-8-16/h5-8,13-14,17H,3-4,9,11-12H2,1-2H3,(H,23,26)/t17-/m1/s1. The first kappa shape index (κ1) is 20.0. The highest BCUT2D eigenvalue weighted by atomic mass is 32.1. The molecule has 28 heavy (non-hydrogen) atoms. The van der Waals surface area contributed by atoms with Gasteiger partial charge in [0.25, 0.3) is 5.91 Å². The van der Waals surface area contributed by atoms with Crippen molar-refractivity contribution in [1.29, 1.82) is 5.26 Å². The summed E-state index contributed by atoms with van der Waals surface area (Å²) >= 11 is 1.59. The molecule has 2 amide bonds. The van der Waals surface area contributed by atoms with Crippen LogP contribution in [-0.4, -0.2) is 34.8 Å². The maximum Gasteiger partial charge on any atom is 0.253 e. The molecule has 1 N–H and O–H groups in total. The smallest absolute Gasteiger partial charge is 0.253 e. The first-order chi connectivity index (χ1) is 13.5. The molecule has 0 bridgehead atoms. The molecule has 0 aliphatic carbocycles. The van der Waals surface area contributed by atoms with E-state index in [0.717, 1.165) is 30.1 Å². The second-order valence-corrected chi connectivity index (χ2v) is 8.22. The van der Waals surface area contributed by atoms with E-state index >= 15 is 0 Å². The van der Waals surface area contributed by atoms with Gasteiger partial charge < -0.3 is 10.2 Å². The molecule has 1 fully saturated rings. The first-order valence-electron chi connectivity index (χ1n) is 9.49. The van der Waals surface area contributed by atoms with Crippen molar-refractivity contribution in [1.82, 2.24) is 15.2 Å². The zero-order valence-corrected chi connectivity index (χ0v) is 17.0. The van der Waals surface area contributed by atoms with Gasteiger partial charge in [-0.15, -0.1) is 11.3 Å². The normalized spacial score (nSPS) is 16.6. The van der Waals surface area contributed by atoms with Crippen molar-refractivity contribution < 1.29 is 9.59 Å². The van der Waals surface area contributed by atoms with Gasteiger partial charge in [-0.05, 0) is 37.1 Å². The minimum Gasteiger partial charge on any atom is -0.350 e. The highest BCUT2D eigenvalue weighted by Crippen LogP contribution is 2.30. The molecule has 2 aromatic rings. The third-order valence-corrected chi connectivity index (χ3v) is 5.91. The van der Waals surface area contributed by atoms with E-state index < -0.39 is 0 Å². The van der Waals surface area contributed by atoms with Gasteiger partial charge in [0.15, 0.2) is 0 Å². The van der Waals surface area contributed by atoms with E-state index in [1.54, 1.807) is 35.6 Å². The number of aromatic nitrogens is 1. The summed E-state index contributed by atoms with van der Waals surface area (Å²) in [4.78, 5) is 31.1. The fraction of sp³-hybridized carbons (Fsp3) is 0.429. The highest BCUT2D eigenvalue weighted by molar-refractivity contribution is 7.09. The highest BCUT2D eigenvalue weighted by Gasteiger charge is 2.27. The lowest BCUT2D eigenvalue weighted by Crippen LogP contribution is -2.39. The number of hydrogen-bond acceptors (Lipinski definition) is 5. The Labute approximate surface area is 169 Å². The largest absolute Gasteiger partial charge is 0.350 e. The Morgan fingerprint density at radius 1 is 1.36 bits per heavy atom. The van der Waals surface area contributed by atoms with Crippen LogP contribution in [0, 0.1) is 17.2 Å². The third-order valence-electron chi connectivity index (χ3n) is 4.86. The van der Waals surface area contributed by atoms with E-state index in [1.165, 1.54) is 0 Å². The Kier molecular flexibility index (Phi) is 6.42. The number of amides is 2.